The number of aliphatic hydroxyl groups excluding tert-OH is 1. The van der Waals surface area contributed by atoms with Gasteiger partial charge in [-0.05, 0) is 47.4 Å². The molecule has 3 aromatic rings. The van der Waals surface area contributed by atoms with E-state index in [4.69, 9.17) is 4.74 Å². The molecule has 0 radical (unpaired) electrons. The second kappa shape index (κ2) is 10.5. The number of hydrogen-bond donors (Lipinski definition) is 2. The van der Waals surface area contributed by atoms with Crippen LogP contribution in [0, 0.1) is 0 Å². The summed E-state index contributed by atoms with van der Waals surface area (Å²) >= 11 is 0. The normalized spacial score (nSPS) is 15.6. The number of ether oxygens (including phenoxy) is 1. The van der Waals surface area contributed by atoms with Crippen LogP contribution in [0.1, 0.15) is 12.5 Å². The Morgan fingerprint density at radius 3 is 2.16 bits per heavy atom. The molecule has 0 spiro atoms. The van der Waals surface area contributed by atoms with E-state index in [0.717, 1.165) is 44.9 Å². The van der Waals surface area contributed by atoms with Crippen molar-refractivity contribution in [3.63, 3.8) is 0 Å². The number of aryl methyl sites for hydroxylation is 1. The maximum atomic E-state index is 10.5. The van der Waals surface area contributed by atoms with Gasteiger partial charge >= 0.3 is 0 Å². The van der Waals surface area contributed by atoms with Crippen LogP contribution in [0.15, 0.2) is 78.9 Å². The molecule has 1 saturated heterocycles. The summed E-state index contributed by atoms with van der Waals surface area (Å²) in [5, 5.41) is 10.5. The smallest absolute Gasteiger partial charge is 0.137 e. The van der Waals surface area contributed by atoms with E-state index in [1.165, 1.54) is 27.3 Å². The zero-order valence-corrected chi connectivity index (χ0v) is 18.3. The topological polar surface area (TPSA) is 37.1 Å². The largest absolute Gasteiger partial charge is 0.491 e. The third-order valence-electron chi connectivity index (χ3n) is 6.11. The van der Waals surface area contributed by atoms with Crippen LogP contribution in [0.2, 0.25) is 0 Å². The van der Waals surface area contributed by atoms with Crippen LogP contribution in [0.25, 0.3) is 11.1 Å². The number of aliphatic hydroxyl groups is 1. The molecule has 1 atom stereocenters. The summed E-state index contributed by atoms with van der Waals surface area (Å²) in [7, 11) is 0. The van der Waals surface area contributed by atoms with Crippen LogP contribution in [-0.4, -0.2) is 50.5 Å². The molecule has 162 valence electrons. The minimum absolute atomic E-state index is 0.330. The number of benzene rings is 3. The fraction of sp³-hybridized carbons (Fsp3) is 0.333. The average molecular weight is 418 g/mol. The van der Waals surface area contributed by atoms with E-state index >= 15 is 0 Å². The van der Waals surface area contributed by atoms with Crippen molar-refractivity contribution < 1.29 is 14.7 Å². The summed E-state index contributed by atoms with van der Waals surface area (Å²) in [6, 6.07) is 27.3. The van der Waals surface area contributed by atoms with Crippen LogP contribution >= 0.6 is 0 Å². The molecule has 0 bridgehead atoms. The molecule has 1 fully saturated rings. The van der Waals surface area contributed by atoms with Crippen molar-refractivity contribution in [3.8, 4) is 16.9 Å². The molecule has 0 aromatic heterocycles. The van der Waals surface area contributed by atoms with E-state index in [1.54, 1.807) is 0 Å². The monoisotopic (exact) mass is 417 g/mol. The van der Waals surface area contributed by atoms with E-state index in [1.807, 2.05) is 30.3 Å². The van der Waals surface area contributed by atoms with Gasteiger partial charge in [0.2, 0.25) is 0 Å². The van der Waals surface area contributed by atoms with E-state index in [-0.39, 0.29) is 0 Å². The maximum Gasteiger partial charge on any atom is 0.137 e. The molecule has 1 heterocycles. The first-order valence-electron chi connectivity index (χ1n) is 11.3. The minimum Gasteiger partial charge on any atom is -0.491 e. The molecular weight excluding hydrogens is 384 g/mol. The third-order valence-corrected chi connectivity index (χ3v) is 6.11. The van der Waals surface area contributed by atoms with Gasteiger partial charge in [0.1, 0.15) is 25.0 Å². The Balaban J connectivity index is 1.20. The van der Waals surface area contributed by atoms with Crippen molar-refractivity contribution in [3.05, 3.63) is 84.4 Å². The molecule has 3 aromatic carbocycles. The summed E-state index contributed by atoms with van der Waals surface area (Å²) in [6.45, 7) is 7.37. The summed E-state index contributed by atoms with van der Waals surface area (Å²) in [6.07, 6.45) is 0.620. The third kappa shape index (κ3) is 5.87. The van der Waals surface area contributed by atoms with Crippen molar-refractivity contribution in [2.24, 2.45) is 0 Å². The van der Waals surface area contributed by atoms with E-state index in [9.17, 15) is 5.11 Å². The molecule has 0 unspecified atom stereocenters. The highest BCUT2D eigenvalue weighted by Gasteiger charge is 2.22. The van der Waals surface area contributed by atoms with Crippen molar-refractivity contribution in [2.75, 3.05) is 44.2 Å². The van der Waals surface area contributed by atoms with Crippen LogP contribution in [0.3, 0.4) is 0 Å². The van der Waals surface area contributed by atoms with Crippen molar-refractivity contribution in [2.45, 2.75) is 19.4 Å². The van der Waals surface area contributed by atoms with E-state index < -0.39 is 6.10 Å². The Morgan fingerprint density at radius 2 is 1.52 bits per heavy atom. The Bertz CT molecular complexity index is 918. The first-order chi connectivity index (χ1) is 15.2. The van der Waals surface area contributed by atoms with Crippen LogP contribution < -0.4 is 14.5 Å². The zero-order valence-electron chi connectivity index (χ0n) is 18.3. The van der Waals surface area contributed by atoms with Gasteiger partial charge in [-0.3, -0.25) is 0 Å². The maximum absolute atomic E-state index is 10.5. The van der Waals surface area contributed by atoms with Crippen LogP contribution in [0.5, 0.6) is 5.75 Å². The van der Waals surface area contributed by atoms with Gasteiger partial charge in [0.05, 0.1) is 26.2 Å². The lowest BCUT2D eigenvalue weighted by molar-refractivity contribution is -0.903. The Hall–Kier alpha value is -2.82. The van der Waals surface area contributed by atoms with Crippen LogP contribution in [-0.2, 0) is 6.42 Å². The molecule has 2 N–H and O–H groups in total. The van der Waals surface area contributed by atoms with Gasteiger partial charge in [0.25, 0.3) is 0 Å². The van der Waals surface area contributed by atoms with Gasteiger partial charge in [-0.1, -0.05) is 61.5 Å². The zero-order chi connectivity index (χ0) is 21.5. The molecule has 1 aliphatic rings. The lowest BCUT2D eigenvalue weighted by Crippen LogP contribution is -3.16. The predicted octanol–water partition coefficient (Wildman–Crippen LogP) is 3.06. The van der Waals surface area contributed by atoms with E-state index in [2.05, 4.69) is 60.4 Å². The highest BCUT2D eigenvalue weighted by Crippen LogP contribution is 2.22. The van der Waals surface area contributed by atoms with Gasteiger partial charge in [-0.2, -0.15) is 0 Å². The average Bonchev–Trinajstić information content (AvgIpc) is 2.84. The molecule has 0 amide bonds. The Kier molecular flexibility index (Phi) is 7.23. The van der Waals surface area contributed by atoms with Gasteiger partial charge < -0.3 is 19.6 Å². The molecular formula is C27H33N2O2+. The van der Waals surface area contributed by atoms with E-state index in [0.29, 0.717) is 6.61 Å². The van der Waals surface area contributed by atoms with Crippen molar-refractivity contribution >= 4 is 5.69 Å². The highest BCUT2D eigenvalue weighted by molar-refractivity contribution is 5.63. The summed E-state index contributed by atoms with van der Waals surface area (Å²) in [4.78, 5) is 3.89. The SMILES string of the molecule is CCc1ccc(N2CC[NH+](C[C@@H](O)COc3ccc(-c4ccccc4)cc3)CC2)cc1. The minimum atomic E-state index is -0.459. The van der Waals surface area contributed by atoms with Gasteiger partial charge in [0.15, 0.2) is 0 Å². The highest BCUT2D eigenvalue weighted by atomic mass is 16.5. The fourth-order valence-corrected chi connectivity index (χ4v) is 4.19. The second-order valence-electron chi connectivity index (χ2n) is 8.32. The molecule has 1 aliphatic heterocycles. The fourth-order valence-electron chi connectivity index (χ4n) is 4.19. The van der Waals surface area contributed by atoms with Gasteiger partial charge in [-0.25, -0.2) is 0 Å². The molecule has 0 aliphatic carbocycles. The second-order valence-corrected chi connectivity index (χ2v) is 8.32. The summed E-state index contributed by atoms with van der Waals surface area (Å²) < 4.78 is 5.84. The number of quaternary nitrogens is 1. The number of nitrogens with one attached hydrogen (secondary N) is 1. The van der Waals surface area contributed by atoms with Crippen molar-refractivity contribution in [1.29, 1.82) is 0 Å². The molecule has 4 nitrogen and oxygen atoms in total. The van der Waals surface area contributed by atoms with Gasteiger partial charge in [-0.15, -0.1) is 0 Å². The Morgan fingerprint density at radius 1 is 0.871 bits per heavy atom. The van der Waals surface area contributed by atoms with Crippen LogP contribution in [0.4, 0.5) is 5.69 Å². The first-order valence-corrected chi connectivity index (χ1v) is 11.3. The summed E-state index contributed by atoms with van der Waals surface area (Å²) in [5.74, 6) is 0.800. The quantitative estimate of drug-likeness (QED) is 0.592. The first kappa shape index (κ1) is 21.4. The Labute approximate surface area is 185 Å². The molecule has 31 heavy (non-hydrogen) atoms. The standard InChI is InChI=1S/C27H32N2O2/c1-2-22-8-12-25(13-9-22)29-18-16-28(17-19-29)20-26(30)21-31-27-14-10-24(11-15-27)23-6-4-3-5-7-23/h3-15,26,30H,2,16-21H2,1H3/p+1/t26-/m1/s1. The van der Waals surface area contributed by atoms with Crippen molar-refractivity contribution in [1.82, 2.24) is 0 Å². The predicted molar refractivity (Wildman–Crippen MR) is 127 cm³/mol. The lowest BCUT2D eigenvalue weighted by atomic mass is 10.1. The van der Waals surface area contributed by atoms with Gasteiger partial charge in [0, 0.05) is 5.69 Å². The summed E-state index contributed by atoms with van der Waals surface area (Å²) in [5.41, 5.74) is 5.04. The molecule has 0 saturated carbocycles. The molecule has 4 rings (SSSR count). The number of hydrogen-bond acceptors (Lipinski definition) is 3. The number of nitrogens with zero attached hydrogens (tertiary/aromatic N) is 1. The number of rotatable bonds is 8. The number of piperazine rings is 1. The number of anilines is 1. The molecule has 4 heteroatoms. The lowest BCUT2D eigenvalue weighted by Gasteiger charge is -2.34.